The quantitative estimate of drug-likeness (QED) is 0.568. The molecule has 2 bridgehead atoms. The average molecular weight is 447 g/mol. The van der Waals surface area contributed by atoms with Crippen molar-refractivity contribution in [2.75, 3.05) is 13.1 Å². The zero-order valence-corrected chi connectivity index (χ0v) is 19.1. The van der Waals surface area contributed by atoms with Crippen LogP contribution in [-0.2, 0) is 18.4 Å². The molecule has 0 amide bonds. The number of fused-ring (bicyclic) bond motifs is 2. The van der Waals surface area contributed by atoms with E-state index >= 15 is 0 Å². The van der Waals surface area contributed by atoms with Crippen LogP contribution in [0.25, 0.3) is 0 Å². The van der Waals surface area contributed by atoms with Crippen molar-refractivity contribution in [2.24, 2.45) is 11.3 Å². The Kier molecular flexibility index (Phi) is 4.23. The predicted octanol–water partition coefficient (Wildman–Crippen LogP) is 2.71. The summed E-state index contributed by atoms with van der Waals surface area (Å²) in [6.45, 7) is 2.83. The molecule has 5 heteroatoms. The van der Waals surface area contributed by atoms with Gasteiger partial charge in [0.2, 0.25) is 0 Å². The van der Waals surface area contributed by atoms with Gasteiger partial charge in [-0.1, -0.05) is 36.4 Å². The second kappa shape index (κ2) is 6.82. The molecule has 4 aliphatic carbocycles. The van der Waals surface area contributed by atoms with Crippen LogP contribution in [0.15, 0.2) is 48.5 Å². The predicted molar refractivity (Wildman–Crippen MR) is 126 cm³/mol. The standard InChI is InChI=1S/C28H34N2O3/c31-21-9-8-20-11-26-16-27(22(20)10-21)13-24(32)23(29-14-18-4-2-1-3-5-18)12-28(27,33)25(26)30(17-26)15-19-6-7-19/h1-5,8-10,19,23-25,29,31-33H,6-7,11-17H2. The lowest BCUT2D eigenvalue weighted by Gasteiger charge is -2.59. The van der Waals surface area contributed by atoms with E-state index in [2.05, 4.69) is 28.4 Å². The molecule has 2 aromatic carbocycles. The van der Waals surface area contributed by atoms with Crippen LogP contribution >= 0.6 is 0 Å². The van der Waals surface area contributed by atoms with Crippen molar-refractivity contribution in [3.63, 3.8) is 0 Å². The first-order valence-electron chi connectivity index (χ1n) is 12.7. The minimum Gasteiger partial charge on any atom is -0.508 e. The molecule has 0 radical (unpaired) electrons. The summed E-state index contributed by atoms with van der Waals surface area (Å²) < 4.78 is 0. The van der Waals surface area contributed by atoms with Gasteiger partial charge in [0, 0.05) is 42.5 Å². The van der Waals surface area contributed by atoms with Crippen molar-refractivity contribution in [3.8, 4) is 5.75 Å². The Morgan fingerprint density at radius 3 is 2.67 bits per heavy atom. The number of aliphatic hydroxyl groups excluding tert-OH is 1. The summed E-state index contributed by atoms with van der Waals surface area (Å²) in [6.07, 6.45) is 5.07. The van der Waals surface area contributed by atoms with Gasteiger partial charge in [-0.25, -0.2) is 0 Å². The zero-order chi connectivity index (χ0) is 22.4. The highest BCUT2D eigenvalue weighted by atomic mass is 16.3. The summed E-state index contributed by atoms with van der Waals surface area (Å²) in [5.74, 6) is 1.05. The van der Waals surface area contributed by atoms with Crippen molar-refractivity contribution in [1.29, 1.82) is 0 Å². The van der Waals surface area contributed by atoms with Crippen molar-refractivity contribution >= 4 is 0 Å². The first kappa shape index (κ1) is 20.5. The van der Waals surface area contributed by atoms with Gasteiger partial charge in [0.15, 0.2) is 0 Å². The molecular weight excluding hydrogens is 412 g/mol. The Hall–Kier alpha value is -1.92. The minimum atomic E-state index is -0.910. The van der Waals surface area contributed by atoms with Gasteiger partial charge in [0.1, 0.15) is 5.75 Å². The summed E-state index contributed by atoms with van der Waals surface area (Å²) >= 11 is 0. The first-order valence-corrected chi connectivity index (χ1v) is 12.7. The van der Waals surface area contributed by atoms with Crippen LogP contribution in [-0.4, -0.2) is 57.1 Å². The van der Waals surface area contributed by atoms with Gasteiger partial charge in [0.25, 0.3) is 0 Å². The Morgan fingerprint density at radius 1 is 1.06 bits per heavy atom. The molecule has 0 aromatic heterocycles. The van der Waals surface area contributed by atoms with Crippen LogP contribution in [0, 0.1) is 11.3 Å². The number of aromatic hydroxyl groups is 1. The number of benzene rings is 2. The summed E-state index contributed by atoms with van der Waals surface area (Å²) in [6, 6.07) is 16.0. The summed E-state index contributed by atoms with van der Waals surface area (Å²) in [4.78, 5) is 2.57. The van der Waals surface area contributed by atoms with E-state index < -0.39 is 17.1 Å². The van der Waals surface area contributed by atoms with Gasteiger partial charge in [-0.15, -0.1) is 0 Å². The Labute approximate surface area is 195 Å². The number of likely N-dealkylation sites (tertiary alicyclic amines) is 1. The van der Waals surface area contributed by atoms with E-state index in [-0.39, 0.29) is 23.2 Å². The SMILES string of the molecule is Oc1ccc2c(c1)C13CC(O)C(NCc4ccccc4)CC1(O)C1N(CC4CC4)CC1(C2)C3. The average Bonchev–Trinajstić information content (AvgIpc) is 3.58. The third-order valence-electron chi connectivity index (χ3n) is 9.70. The molecule has 1 heterocycles. The highest BCUT2D eigenvalue weighted by molar-refractivity contribution is 5.52. The molecule has 174 valence electrons. The Morgan fingerprint density at radius 2 is 1.88 bits per heavy atom. The van der Waals surface area contributed by atoms with E-state index in [1.165, 1.54) is 24.0 Å². The van der Waals surface area contributed by atoms with E-state index in [1.807, 2.05) is 24.3 Å². The fraction of sp³-hybridized carbons (Fsp3) is 0.571. The molecular formula is C28H34N2O3. The summed E-state index contributed by atoms with van der Waals surface area (Å²) in [5, 5.41) is 38.0. The first-order chi connectivity index (χ1) is 15.9. The summed E-state index contributed by atoms with van der Waals surface area (Å²) in [5.41, 5.74) is 2.21. The molecule has 4 fully saturated rings. The van der Waals surface area contributed by atoms with E-state index in [1.54, 1.807) is 6.07 Å². The molecule has 2 spiro atoms. The van der Waals surface area contributed by atoms with Gasteiger partial charge in [-0.05, 0) is 73.3 Å². The number of hydrogen-bond donors (Lipinski definition) is 4. The third kappa shape index (κ3) is 2.80. The van der Waals surface area contributed by atoms with Gasteiger partial charge >= 0.3 is 0 Å². The molecule has 4 N–H and O–H groups in total. The molecule has 5 nitrogen and oxygen atoms in total. The second-order valence-corrected chi connectivity index (χ2v) is 11.8. The molecule has 2 aromatic rings. The fourth-order valence-corrected chi connectivity index (χ4v) is 8.41. The van der Waals surface area contributed by atoms with Crippen LogP contribution in [0.5, 0.6) is 5.75 Å². The van der Waals surface area contributed by atoms with E-state index in [9.17, 15) is 15.3 Å². The molecule has 1 saturated heterocycles. The highest BCUT2D eigenvalue weighted by Gasteiger charge is 2.78. The second-order valence-electron chi connectivity index (χ2n) is 11.8. The number of rotatable bonds is 5. The van der Waals surface area contributed by atoms with Crippen LogP contribution in [0.4, 0.5) is 0 Å². The van der Waals surface area contributed by atoms with Gasteiger partial charge in [-0.2, -0.15) is 0 Å². The molecule has 6 atom stereocenters. The monoisotopic (exact) mass is 446 g/mol. The molecule has 7 rings (SSSR count). The maximum Gasteiger partial charge on any atom is 0.115 e. The number of nitrogens with one attached hydrogen (secondary N) is 1. The summed E-state index contributed by atoms with van der Waals surface area (Å²) in [7, 11) is 0. The number of phenolic OH excluding ortho intramolecular Hbond substituents is 1. The van der Waals surface area contributed by atoms with E-state index in [0.29, 0.717) is 19.4 Å². The van der Waals surface area contributed by atoms with Gasteiger partial charge < -0.3 is 20.6 Å². The maximum atomic E-state index is 12.7. The lowest BCUT2D eigenvalue weighted by molar-refractivity contribution is -0.170. The lowest BCUT2D eigenvalue weighted by Crippen LogP contribution is -2.73. The molecule has 33 heavy (non-hydrogen) atoms. The van der Waals surface area contributed by atoms with Crippen molar-refractivity contribution < 1.29 is 15.3 Å². The Bertz CT molecular complexity index is 1090. The minimum absolute atomic E-state index is 0.0850. The normalized spacial score (nSPS) is 41.1. The number of hydrogen-bond acceptors (Lipinski definition) is 5. The van der Waals surface area contributed by atoms with Crippen LogP contribution in [0.1, 0.15) is 48.8 Å². The topological polar surface area (TPSA) is 76.0 Å². The molecule has 1 aliphatic heterocycles. The largest absolute Gasteiger partial charge is 0.508 e. The number of phenols is 1. The molecule has 3 saturated carbocycles. The zero-order valence-electron chi connectivity index (χ0n) is 19.1. The smallest absolute Gasteiger partial charge is 0.115 e. The van der Waals surface area contributed by atoms with Crippen molar-refractivity contribution in [2.45, 2.75) is 74.3 Å². The number of nitrogens with zero attached hydrogens (tertiary/aromatic N) is 1. The van der Waals surface area contributed by atoms with Crippen LogP contribution < -0.4 is 5.32 Å². The molecule has 6 unspecified atom stereocenters. The van der Waals surface area contributed by atoms with E-state index in [0.717, 1.165) is 37.4 Å². The van der Waals surface area contributed by atoms with Crippen molar-refractivity contribution in [3.05, 3.63) is 65.2 Å². The lowest BCUT2D eigenvalue weighted by atomic mass is 9.57. The van der Waals surface area contributed by atoms with Gasteiger partial charge in [0.05, 0.1) is 11.7 Å². The van der Waals surface area contributed by atoms with Crippen LogP contribution in [0.2, 0.25) is 0 Å². The van der Waals surface area contributed by atoms with Gasteiger partial charge in [-0.3, -0.25) is 4.90 Å². The highest BCUT2D eigenvalue weighted by Crippen LogP contribution is 2.71. The van der Waals surface area contributed by atoms with Crippen molar-refractivity contribution in [1.82, 2.24) is 10.2 Å². The molecule has 5 aliphatic rings. The third-order valence-corrected chi connectivity index (χ3v) is 9.70. The van der Waals surface area contributed by atoms with Crippen LogP contribution in [0.3, 0.4) is 0 Å². The Balaban J connectivity index is 1.27. The maximum absolute atomic E-state index is 12.7. The fourth-order valence-electron chi connectivity index (χ4n) is 8.41. The number of aliphatic hydroxyl groups is 2. The van der Waals surface area contributed by atoms with E-state index in [4.69, 9.17) is 0 Å².